The predicted molar refractivity (Wildman–Crippen MR) is 112 cm³/mol. The van der Waals surface area contributed by atoms with Gasteiger partial charge in [0, 0.05) is 10.9 Å². The molecule has 0 radical (unpaired) electrons. The normalized spacial score (nSPS) is 26.7. The maximum atomic E-state index is 12.6. The lowest BCUT2D eigenvalue weighted by atomic mass is 9.84. The largest absolute Gasteiger partial charge is 0.462 e. The van der Waals surface area contributed by atoms with Gasteiger partial charge in [-0.05, 0) is 82.1 Å². The van der Waals surface area contributed by atoms with Crippen molar-refractivity contribution in [3.8, 4) is 0 Å². The molecule has 5 nitrogen and oxygen atoms in total. The first-order chi connectivity index (χ1) is 13.6. The van der Waals surface area contributed by atoms with Gasteiger partial charge in [0.25, 0.3) is 0 Å². The Morgan fingerprint density at radius 3 is 2.75 bits per heavy atom. The fourth-order valence-corrected chi connectivity index (χ4v) is 6.85. The van der Waals surface area contributed by atoms with Crippen LogP contribution in [-0.2, 0) is 22.4 Å². The second-order valence-corrected chi connectivity index (χ2v) is 9.80. The van der Waals surface area contributed by atoms with Gasteiger partial charge >= 0.3 is 5.97 Å². The number of rotatable bonds is 7. The molecule has 1 aromatic rings. The summed E-state index contributed by atoms with van der Waals surface area (Å²) in [6, 6.07) is 0.363. The van der Waals surface area contributed by atoms with E-state index in [1.54, 1.807) is 11.3 Å². The van der Waals surface area contributed by atoms with E-state index in [0.717, 1.165) is 43.1 Å². The zero-order valence-electron chi connectivity index (χ0n) is 17.0. The van der Waals surface area contributed by atoms with Gasteiger partial charge in [0.15, 0.2) is 0 Å². The van der Waals surface area contributed by atoms with Crippen LogP contribution in [0.25, 0.3) is 0 Å². The van der Waals surface area contributed by atoms with Crippen LogP contribution in [0.2, 0.25) is 0 Å². The highest BCUT2D eigenvalue weighted by Gasteiger charge is 2.41. The third kappa shape index (κ3) is 3.99. The van der Waals surface area contributed by atoms with Crippen molar-refractivity contribution in [2.45, 2.75) is 71.3 Å². The zero-order valence-corrected chi connectivity index (χ0v) is 17.8. The van der Waals surface area contributed by atoms with Crippen LogP contribution < -0.4 is 10.6 Å². The van der Waals surface area contributed by atoms with E-state index in [9.17, 15) is 9.59 Å². The second-order valence-electron chi connectivity index (χ2n) is 8.69. The number of aryl methyl sites for hydroxylation is 1. The lowest BCUT2D eigenvalue weighted by Crippen LogP contribution is -2.40. The summed E-state index contributed by atoms with van der Waals surface area (Å²) in [5.41, 5.74) is 1.68. The van der Waals surface area contributed by atoms with Gasteiger partial charge in [-0.2, -0.15) is 0 Å². The standard InChI is InChI=1S/C22H32N2O3S/c1-3-27-22(26)20-16-6-4-5-7-18(16)28-21(20)24-19(25)12-23-13(2)17-11-14-8-9-15(17)10-14/h13-15,17,23H,3-12H2,1-2H3,(H,24,25)/t13-,14-,15-,17-/m0/s1. The van der Waals surface area contributed by atoms with Crippen LogP contribution in [-0.4, -0.2) is 31.1 Å². The number of carbonyl (C=O) groups excluding carboxylic acids is 2. The maximum Gasteiger partial charge on any atom is 0.341 e. The molecule has 1 aromatic heterocycles. The lowest BCUT2D eigenvalue weighted by molar-refractivity contribution is -0.115. The third-order valence-corrected chi connectivity index (χ3v) is 8.13. The molecule has 2 saturated carbocycles. The summed E-state index contributed by atoms with van der Waals surface area (Å²) in [5.74, 6) is 2.09. The Labute approximate surface area is 171 Å². The smallest absolute Gasteiger partial charge is 0.341 e. The summed E-state index contributed by atoms with van der Waals surface area (Å²) >= 11 is 1.55. The number of hydrogen-bond acceptors (Lipinski definition) is 5. The van der Waals surface area contributed by atoms with E-state index in [0.29, 0.717) is 35.7 Å². The average Bonchev–Trinajstić information content (AvgIpc) is 3.39. The molecule has 2 N–H and O–H groups in total. The highest BCUT2D eigenvalue weighted by molar-refractivity contribution is 7.17. The minimum atomic E-state index is -0.305. The molecule has 4 atom stereocenters. The Hall–Kier alpha value is -1.40. The molecule has 1 amide bonds. The van der Waals surface area contributed by atoms with E-state index >= 15 is 0 Å². The van der Waals surface area contributed by atoms with Crippen LogP contribution in [0.4, 0.5) is 5.00 Å². The van der Waals surface area contributed by atoms with Crippen LogP contribution in [0.3, 0.4) is 0 Å². The Balaban J connectivity index is 1.38. The number of carbonyl (C=O) groups is 2. The number of fused-ring (bicyclic) bond motifs is 3. The number of ether oxygens (including phenoxy) is 1. The molecule has 0 aromatic carbocycles. The summed E-state index contributed by atoms with van der Waals surface area (Å²) in [6.45, 7) is 4.67. The molecule has 4 rings (SSSR count). The first-order valence-electron chi connectivity index (χ1n) is 10.9. The summed E-state index contributed by atoms with van der Waals surface area (Å²) in [6.07, 6.45) is 9.57. The summed E-state index contributed by atoms with van der Waals surface area (Å²) in [4.78, 5) is 26.4. The molecular formula is C22H32N2O3S. The van der Waals surface area contributed by atoms with Crippen molar-refractivity contribution in [3.63, 3.8) is 0 Å². The van der Waals surface area contributed by atoms with Crippen LogP contribution >= 0.6 is 11.3 Å². The van der Waals surface area contributed by atoms with E-state index in [-0.39, 0.29) is 11.9 Å². The number of anilines is 1. The van der Waals surface area contributed by atoms with Crippen molar-refractivity contribution in [1.29, 1.82) is 0 Å². The van der Waals surface area contributed by atoms with Crippen LogP contribution in [0, 0.1) is 17.8 Å². The van der Waals surface area contributed by atoms with E-state index in [1.807, 2.05) is 6.92 Å². The summed E-state index contributed by atoms with van der Waals surface area (Å²) in [7, 11) is 0. The van der Waals surface area contributed by atoms with E-state index in [2.05, 4.69) is 17.6 Å². The molecule has 3 aliphatic carbocycles. The number of nitrogens with one attached hydrogen (secondary N) is 2. The molecule has 2 fully saturated rings. The van der Waals surface area contributed by atoms with Crippen molar-refractivity contribution in [2.75, 3.05) is 18.5 Å². The molecule has 0 saturated heterocycles. The fourth-order valence-electron chi connectivity index (χ4n) is 5.56. The average molecular weight is 405 g/mol. The van der Waals surface area contributed by atoms with E-state index < -0.39 is 0 Å². The van der Waals surface area contributed by atoms with Crippen molar-refractivity contribution < 1.29 is 14.3 Å². The second kappa shape index (κ2) is 8.54. The SMILES string of the molecule is CCOC(=O)c1c(NC(=O)CN[C@@H](C)[C@@H]2C[C@H]3CC[C@H]2C3)sc2c1CCCC2. The fraction of sp³-hybridized carbons (Fsp3) is 0.727. The Morgan fingerprint density at radius 2 is 2.04 bits per heavy atom. The third-order valence-electron chi connectivity index (χ3n) is 6.92. The molecule has 154 valence electrons. The molecule has 0 unspecified atom stereocenters. The van der Waals surface area contributed by atoms with Crippen molar-refractivity contribution in [1.82, 2.24) is 5.32 Å². The molecular weight excluding hydrogens is 372 g/mol. The predicted octanol–water partition coefficient (Wildman–Crippen LogP) is 4.16. The zero-order chi connectivity index (χ0) is 19.7. The number of thiophene rings is 1. The van der Waals surface area contributed by atoms with Gasteiger partial charge in [-0.3, -0.25) is 4.79 Å². The molecule has 3 aliphatic rings. The van der Waals surface area contributed by atoms with Crippen LogP contribution in [0.15, 0.2) is 0 Å². The quantitative estimate of drug-likeness (QED) is 0.670. The molecule has 28 heavy (non-hydrogen) atoms. The van der Waals surface area contributed by atoms with Gasteiger partial charge in [0.1, 0.15) is 5.00 Å². The van der Waals surface area contributed by atoms with Crippen molar-refractivity contribution >= 4 is 28.2 Å². The monoisotopic (exact) mass is 404 g/mol. The van der Waals surface area contributed by atoms with E-state index in [4.69, 9.17) is 4.74 Å². The molecule has 2 bridgehead atoms. The highest BCUT2D eigenvalue weighted by Crippen LogP contribution is 2.49. The van der Waals surface area contributed by atoms with E-state index in [1.165, 1.54) is 30.6 Å². The Bertz CT molecular complexity index is 744. The number of hydrogen-bond donors (Lipinski definition) is 2. The lowest BCUT2D eigenvalue weighted by Gasteiger charge is -2.28. The first-order valence-corrected chi connectivity index (χ1v) is 11.7. The first kappa shape index (κ1) is 19.9. The molecule has 0 spiro atoms. The Kier molecular flexibility index (Phi) is 6.07. The van der Waals surface area contributed by atoms with Crippen molar-refractivity contribution in [2.24, 2.45) is 17.8 Å². The summed E-state index contributed by atoms with van der Waals surface area (Å²) in [5, 5.41) is 7.12. The summed E-state index contributed by atoms with van der Waals surface area (Å²) < 4.78 is 5.27. The molecule has 0 aliphatic heterocycles. The molecule has 1 heterocycles. The topological polar surface area (TPSA) is 67.4 Å². The van der Waals surface area contributed by atoms with Gasteiger partial charge in [0.05, 0.1) is 18.7 Å². The minimum Gasteiger partial charge on any atom is -0.462 e. The highest BCUT2D eigenvalue weighted by atomic mass is 32.1. The Morgan fingerprint density at radius 1 is 1.21 bits per heavy atom. The van der Waals surface area contributed by atoms with Gasteiger partial charge in [0.2, 0.25) is 5.91 Å². The van der Waals surface area contributed by atoms with Gasteiger partial charge < -0.3 is 15.4 Å². The van der Waals surface area contributed by atoms with Crippen molar-refractivity contribution in [3.05, 3.63) is 16.0 Å². The van der Waals surface area contributed by atoms with Gasteiger partial charge in [-0.25, -0.2) is 4.79 Å². The van der Waals surface area contributed by atoms with Crippen LogP contribution in [0.1, 0.15) is 73.2 Å². The number of amides is 1. The number of esters is 1. The van der Waals surface area contributed by atoms with Crippen LogP contribution in [0.5, 0.6) is 0 Å². The molecule has 6 heteroatoms. The maximum absolute atomic E-state index is 12.6. The minimum absolute atomic E-state index is 0.0702. The van der Waals surface area contributed by atoms with Gasteiger partial charge in [-0.15, -0.1) is 11.3 Å². The van der Waals surface area contributed by atoms with Gasteiger partial charge in [-0.1, -0.05) is 6.42 Å².